The molecule has 0 N–H and O–H groups in total. The van der Waals surface area contributed by atoms with Gasteiger partial charge in [-0.15, -0.1) is 11.8 Å². The number of anilines is 1. The second-order valence-electron chi connectivity index (χ2n) is 6.85. The van der Waals surface area contributed by atoms with Gasteiger partial charge in [-0.1, -0.05) is 37.5 Å². The number of amides is 1. The minimum Gasteiger partial charge on any atom is -0.457 e. The molecule has 2 aromatic rings. The Morgan fingerprint density at radius 2 is 1.60 bits per heavy atom. The third-order valence-corrected chi connectivity index (χ3v) is 6.67. The van der Waals surface area contributed by atoms with Crippen LogP contribution in [0.25, 0.3) is 0 Å². The molecule has 0 unspecified atom stereocenters. The van der Waals surface area contributed by atoms with Crippen molar-refractivity contribution in [2.45, 2.75) is 49.1 Å². The maximum Gasteiger partial charge on any atom is 0.241 e. The quantitative estimate of drug-likeness (QED) is 0.718. The van der Waals surface area contributed by atoms with E-state index in [0.717, 1.165) is 30.0 Å². The molecule has 25 heavy (non-hydrogen) atoms. The van der Waals surface area contributed by atoms with Gasteiger partial charge in [-0.05, 0) is 56.2 Å². The fourth-order valence-corrected chi connectivity index (χ4v) is 5.60. The summed E-state index contributed by atoms with van der Waals surface area (Å²) in [6, 6.07) is 17.7. The predicted octanol–water partition coefficient (Wildman–Crippen LogP) is 5.61. The van der Waals surface area contributed by atoms with Crippen molar-refractivity contribution >= 4 is 23.4 Å². The molecule has 0 radical (unpaired) electrons. The number of ether oxygens (including phenoxy) is 1. The third-order valence-electron chi connectivity index (χ3n) is 5.08. The van der Waals surface area contributed by atoms with E-state index in [1.807, 2.05) is 73.3 Å². The van der Waals surface area contributed by atoms with Gasteiger partial charge in [0.05, 0.1) is 10.1 Å². The average molecular weight is 353 g/mol. The van der Waals surface area contributed by atoms with Crippen LogP contribution in [-0.4, -0.2) is 16.0 Å². The van der Waals surface area contributed by atoms with Gasteiger partial charge in [-0.2, -0.15) is 0 Å². The predicted molar refractivity (Wildman–Crippen MR) is 103 cm³/mol. The first-order chi connectivity index (χ1) is 12.2. The molecule has 4 rings (SSSR count). The van der Waals surface area contributed by atoms with Crippen molar-refractivity contribution in [3.8, 4) is 11.5 Å². The zero-order valence-corrected chi connectivity index (χ0v) is 15.3. The molecule has 1 heterocycles. The standard InChI is InChI=1S/C21H23NO2S/c1-16-20(23)22(21(25-16)14-6-3-7-15-21)17-10-12-19(13-11-17)24-18-8-4-2-5-9-18/h2,4-5,8-13,16H,3,6-7,14-15H2,1H3/t16-/m1/s1. The normalized spacial score (nSPS) is 22.4. The zero-order valence-electron chi connectivity index (χ0n) is 14.5. The Bertz CT molecular complexity index is 738. The molecule has 1 saturated heterocycles. The Hall–Kier alpha value is -1.94. The molecule has 1 amide bonds. The number of nitrogens with zero attached hydrogens (tertiary/aromatic N) is 1. The second kappa shape index (κ2) is 6.75. The van der Waals surface area contributed by atoms with E-state index in [1.165, 1.54) is 19.3 Å². The highest BCUT2D eigenvalue weighted by atomic mass is 32.2. The van der Waals surface area contributed by atoms with Crippen molar-refractivity contribution in [2.75, 3.05) is 4.90 Å². The van der Waals surface area contributed by atoms with Crippen LogP contribution < -0.4 is 9.64 Å². The van der Waals surface area contributed by atoms with Gasteiger partial charge in [0, 0.05) is 5.69 Å². The van der Waals surface area contributed by atoms with Crippen LogP contribution in [0.3, 0.4) is 0 Å². The first-order valence-corrected chi connectivity index (χ1v) is 9.91. The Kier molecular flexibility index (Phi) is 4.46. The molecule has 0 aromatic heterocycles. The van der Waals surface area contributed by atoms with Crippen LogP contribution in [0, 0.1) is 0 Å². The van der Waals surface area contributed by atoms with E-state index in [0.29, 0.717) is 0 Å². The van der Waals surface area contributed by atoms with Crippen LogP contribution in [-0.2, 0) is 4.79 Å². The Morgan fingerprint density at radius 1 is 0.960 bits per heavy atom. The first kappa shape index (κ1) is 16.5. The lowest BCUT2D eigenvalue weighted by Crippen LogP contribution is -2.46. The fourth-order valence-electron chi connectivity index (χ4n) is 3.91. The van der Waals surface area contributed by atoms with Crippen molar-refractivity contribution in [1.29, 1.82) is 0 Å². The highest BCUT2D eigenvalue weighted by Gasteiger charge is 2.50. The smallest absolute Gasteiger partial charge is 0.241 e. The molecule has 1 atom stereocenters. The molecule has 2 aliphatic rings. The number of carbonyl (C=O) groups excluding carboxylic acids is 1. The Labute approximate surface area is 153 Å². The third kappa shape index (κ3) is 3.15. The van der Waals surface area contributed by atoms with E-state index < -0.39 is 0 Å². The minimum absolute atomic E-state index is 0.0401. The molecule has 3 nitrogen and oxygen atoms in total. The molecule has 4 heteroatoms. The first-order valence-electron chi connectivity index (χ1n) is 9.03. The minimum atomic E-state index is -0.0451. The van der Waals surface area contributed by atoms with Gasteiger partial charge in [0.2, 0.25) is 5.91 Å². The summed E-state index contributed by atoms with van der Waals surface area (Å²) in [5, 5.41) is 0.0401. The lowest BCUT2D eigenvalue weighted by molar-refractivity contribution is -0.117. The second-order valence-corrected chi connectivity index (χ2v) is 8.55. The molecule has 1 aliphatic carbocycles. The lowest BCUT2D eigenvalue weighted by Gasteiger charge is -2.40. The largest absolute Gasteiger partial charge is 0.457 e. The maximum absolute atomic E-state index is 12.8. The van der Waals surface area contributed by atoms with Crippen LogP contribution in [0.4, 0.5) is 5.69 Å². The van der Waals surface area contributed by atoms with Crippen LogP contribution in [0.5, 0.6) is 11.5 Å². The van der Waals surface area contributed by atoms with Gasteiger partial charge in [0.1, 0.15) is 11.5 Å². The summed E-state index contributed by atoms with van der Waals surface area (Å²) in [6.07, 6.45) is 5.88. The number of hydrogen-bond acceptors (Lipinski definition) is 3. The van der Waals surface area contributed by atoms with Crippen LogP contribution in [0.2, 0.25) is 0 Å². The summed E-state index contributed by atoms with van der Waals surface area (Å²) >= 11 is 1.85. The topological polar surface area (TPSA) is 29.5 Å². The molecule has 130 valence electrons. The molecular formula is C21H23NO2S. The van der Waals surface area contributed by atoms with Crippen molar-refractivity contribution < 1.29 is 9.53 Å². The molecular weight excluding hydrogens is 330 g/mol. The van der Waals surface area contributed by atoms with Gasteiger partial charge in [-0.3, -0.25) is 9.69 Å². The van der Waals surface area contributed by atoms with Crippen molar-refractivity contribution in [2.24, 2.45) is 0 Å². The maximum atomic E-state index is 12.8. The van der Waals surface area contributed by atoms with Gasteiger partial charge in [0.25, 0.3) is 0 Å². The van der Waals surface area contributed by atoms with E-state index in [1.54, 1.807) is 0 Å². The van der Waals surface area contributed by atoms with Crippen LogP contribution in [0.1, 0.15) is 39.0 Å². The molecule has 1 aliphatic heterocycles. The Morgan fingerprint density at radius 3 is 2.28 bits per heavy atom. The fraction of sp³-hybridized carbons (Fsp3) is 0.381. The number of para-hydroxylation sites is 1. The molecule has 2 aromatic carbocycles. The van der Waals surface area contributed by atoms with E-state index in [9.17, 15) is 4.79 Å². The average Bonchev–Trinajstić information content (AvgIpc) is 2.87. The van der Waals surface area contributed by atoms with Gasteiger partial charge in [0.15, 0.2) is 0 Å². The molecule has 2 fully saturated rings. The zero-order chi connectivity index (χ0) is 17.3. The summed E-state index contributed by atoms with van der Waals surface area (Å²) in [4.78, 5) is 14.8. The number of hydrogen-bond donors (Lipinski definition) is 0. The van der Waals surface area contributed by atoms with Crippen LogP contribution >= 0.6 is 11.8 Å². The van der Waals surface area contributed by atoms with Crippen LogP contribution in [0.15, 0.2) is 54.6 Å². The van der Waals surface area contributed by atoms with E-state index in [2.05, 4.69) is 4.90 Å². The van der Waals surface area contributed by atoms with Crippen molar-refractivity contribution in [3.63, 3.8) is 0 Å². The van der Waals surface area contributed by atoms with Crippen molar-refractivity contribution in [3.05, 3.63) is 54.6 Å². The number of rotatable bonds is 3. The summed E-state index contributed by atoms with van der Waals surface area (Å²) in [5.41, 5.74) is 0.990. The SMILES string of the molecule is C[C@H]1SC2(CCCCC2)N(c2ccc(Oc3ccccc3)cc2)C1=O. The molecule has 1 spiro atoms. The van der Waals surface area contributed by atoms with E-state index in [4.69, 9.17) is 4.74 Å². The van der Waals surface area contributed by atoms with Gasteiger partial charge in [-0.25, -0.2) is 0 Å². The van der Waals surface area contributed by atoms with Gasteiger partial charge < -0.3 is 4.74 Å². The lowest BCUT2D eigenvalue weighted by atomic mass is 9.93. The number of benzene rings is 2. The van der Waals surface area contributed by atoms with E-state index >= 15 is 0 Å². The molecule has 0 bridgehead atoms. The highest BCUT2D eigenvalue weighted by Crippen LogP contribution is 2.51. The number of carbonyl (C=O) groups is 1. The Balaban J connectivity index is 1.58. The number of thioether (sulfide) groups is 1. The molecule has 1 saturated carbocycles. The summed E-state index contributed by atoms with van der Waals surface area (Å²) < 4.78 is 5.87. The highest BCUT2D eigenvalue weighted by molar-refractivity contribution is 8.02. The summed E-state index contributed by atoms with van der Waals surface area (Å²) in [6.45, 7) is 2.04. The van der Waals surface area contributed by atoms with E-state index in [-0.39, 0.29) is 16.0 Å². The monoisotopic (exact) mass is 353 g/mol. The summed E-state index contributed by atoms with van der Waals surface area (Å²) in [7, 11) is 0. The van der Waals surface area contributed by atoms with Crippen molar-refractivity contribution in [1.82, 2.24) is 0 Å². The van der Waals surface area contributed by atoms with Gasteiger partial charge >= 0.3 is 0 Å². The summed E-state index contributed by atoms with van der Waals surface area (Å²) in [5.74, 6) is 1.85.